The van der Waals surface area contributed by atoms with Gasteiger partial charge in [-0.3, -0.25) is 4.79 Å². The number of amides is 1. The van der Waals surface area contributed by atoms with E-state index in [9.17, 15) is 9.90 Å². The Morgan fingerprint density at radius 2 is 1.60 bits per heavy atom. The molecule has 286 valence electrons. The van der Waals surface area contributed by atoms with Crippen LogP contribution in [-0.2, 0) is 13.5 Å². The maximum atomic E-state index is 15.3. The summed E-state index contributed by atoms with van der Waals surface area (Å²) in [6.07, 6.45) is 1.13. The van der Waals surface area contributed by atoms with Gasteiger partial charge in [-0.1, -0.05) is 29.3 Å². The number of carboxylic acids is 1. The summed E-state index contributed by atoms with van der Waals surface area (Å²) in [5, 5.41) is 12.8. The van der Waals surface area contributed by atoms with E-state index in [2.05, 4.69) is 11.5 Å². The normalized spacial score (nSPS) is 14.2. The number of aromatic nitrogens is 4. The molecule has 0 spiro atoms. The standard InChI is InChI=1S/C42H43Cl2N5O6/c1-20-15-26(16-21(2)36(20)44)55-14-10-11-27-28-12-13-30(43)35(34-23(4)45-25(6)46-24(34)5)38(28)49-22(3)19-48(41(50)39(27)49)31-18-33(53-8)40(54-9)29-17-32(42(51)52)47(7)37(29)31/h12-13,15-18,22H,10-11,14,19H2,1-9H3,(H,51,52)/t22-/m1/s1. The van der Waals surface area contributed by atoms with Crippen molar-refractivity contribution < 1.29 is 28.9 Å². The number of anilines is 1. The number of carbonyl (C=O) groups excluding carboxylic acids is 1. The zero-order valence-corrected chi connectivity index (χ0v) is 33.9. The summed E-state index contributed by atoms with van der Waals surface area (Å²) < 4.78 is 21.4. The van der Waals surface area contributed by atoms with Crippen LogP contribution in [0.4, 0.5) is 5.69 Å². The molecule has 0 unspecified atom stereocenters. The summed E-state index contributed by atoms with van der Waals surface area (Å²) in [5.41, 5.74) is 8.39. The molecule has 7 rings (SSSR count). The van der Waals surface area contributed by atoms with Gasteiger partial charge in [0, 0.05) is 64.0 Å². The number of benzene rings is 3. The quantitative estimate of drug-likeness (QED) is 0.137. The lowest BCUT2D eigenvalue weighted by atomic mass is 9.97. The van der Waals surface area contributed by atoms with Crippen LogP contribution in [0.25, 0.3) is 32.9 Å². The number of ether oxygens (including phenoxy) is 3. The zero-order chi connectivity index (χ0) is 39.6. The number of methoxy groups -OCH3 is 2. The van der Waals surface area contributed by atoms with Crippen LogP contribution in [0.5, 0.6) is 17.2 Å². The molecule has 0 radical (unpaired) electrons. The first-order valence-corrected chi connectivity index (χ1v) is 18.8. The van der Waals surface area contributed by atoms with Crippen LogP contribution in [0.1, 0.15) is 74.3 Å². The van der Waals surface area contributed by atoms with Crippen LogP contribution >= 0.6 is 23.2 Å². The molecule has 4 heterocycles. The largest absolute Gasteiger partial charge is 0.494 e. The third-order valence-corrected chi connectivity index (χ3v) is 11.5. The molecule has 1 amide bonds. The first kappa shape index (κ1) is 38.0. The van der Waals surface area contributed by atoms with Gasteiger partial charge >= 0.3 is 5.97 Å². The number of hydrogen-bond donors (Lipinski definition) is 1. The highest BCUT2D eigenvalue weighted by Crippen LogP contribution is 2.48. The second-order valence-electron chi connectivity index (χ2n) is 14.2. The number of rotatable bonds is 10. The summed E-state index contributed by atoms with van der Waals surface area (Å²) >= 11 is 13.5. The van der Waals surface area contributed by atoms with Gasteiger partial charge in [0.05, 0.1) is 42.6 Å². The van der Waals surface area contributed by atoms with Crippen molar-refractivity contribution >= 4 is 62.6 Å². The van der Waals surface area contributed by atoms with E-state index in [4.69, 9.17) is 47.4 Å². The molecule has 0 fully saturated rings. The number of aromatic carboxylic acids is 1. The maximum absolute atomic E-state index is 15.3. The number of halogens is 2. The molecule has 3 aromatic carbocycles. The van der Waals surface area contributed by atoms with Crippen LogP contribution < -0.4 is 19.1 Å². The third-order valence-electron chi connectivity index (χ3n) is 10.6. The Labute approximate surface area is 329 Å². The molecule has 1 aliphatic heterocycles. The lowest BCUT2D eigenvalue weighted by molar-refractivity contribution is 0.0687. The number of fused-ring (bicyclic) bond motifs is 4. The predicted octanol–water partition coefficient (Wildman–Crippen LogP) is 9.39. The lowest BCUT2D eigenvalue weighted by Gasteiger charge is -2.35. The Bertz CT molecular complexity index is 2530. The molecule has 55 heavy (non-hydrogen) atoms. The second kappa shape index (κ2) is 14.4. The van der Waals surface area contributed by atoms with E-state index in [0.29, 0.717) is 64.1 Å². The summed E-state index contributed by atoms with van der Waals surface area (Å²) in [4.78, 5) is 38.8. The third kappa shape index (κ3) is 6.23. The van der Waals surface area contributed by atoms with E-state index in [-0.39, 0.29) is 24.2 Å². The van der Waals surface area contributed by atoms with Gasteiger partial charge in [-0.2, -0.15) is 0 Å². The SMILES string of the molecule is COc1cc(N2C[C@@H](C)n3c(c(CCCOc4cc(C)c(Cl)c(C)c4)c4ccc(Cl)c(-c5c(C)nc(C)nc5C)c43)C2=O)c2c(cc(C(=O)O)n2C)c1OC. The maximum Gasteiger partial charge on any atom is 0.352 e. The van der Waals surface area contributed by atoms with Crippen molar-refractivity contribution in [2.75, 3.05) is 32.3 Å². The molecular weight excluding hydrogens is 741 g/mol. The zero-order valence-electron chi connectivity index (χ0n) is 32.4. The van der Waals surface area contributed by atoms with Gasteiger partial charge in [-0.15, -0.1) is 0 Å². The molecule has 3 aromatic heterocycles. The van der Waals surface area contributed by atoms with E-state index in [1.807, 2.05) is 58.9 Å². The van der Waals surface area contributed by atoms with Gasteiger partial charge < -0.3 is 33.4 Å². The molecule has 1 aliphatic rings. The highest BCUT2D eigenvalue weighted by molar-refractivity contribution is 6.35. The molecule has 0 saturated carbocycles. The summed E-state index contributed by atoms with van der Waals surface area (Å²) in [5.74, 6) is 0.818. The van der Waals surface area contributed by atoms with E-state index in [0.717, 1.165) is 60.9 Å². The molecule has 6 aromatic rings. The van der Waals surface area contributed by atoms with Crippen molar-refractivity contribution in [2.24, 2.45) is 7.05 Å². The van der Waals surface area contributed by atoms with Crippen molar-refractivity contribution in [1.82, 2.24) is 19.1 Å². The Morgan fingerprint density at radius 1 is 0.927 bits per heavy atom. The van der Waals surface area contributed by atoms with Gasteiger partial charge in [0.1, 0.15) is 23.0 Å². The number of aryl methyl sites for hydroxylation is 7. The lowest BCUT2D eigenvalue weighted by Crippen LogP contribution is -2.43. The first-order valence-electron chi connectivity index (χ1n) is 18.0. The van der Waals surface area contributed by atoms with Gasteiger partial charge in [0.25, 0.3) is 5.91 Å². The Hall–Kier alpha value is -5.26. The van der Waals surface area contributed by atoms with Crippen LogP contribution in [-0.4, -0.2) is 63.5 Å². The van der Waals surface area contributed by atoms with Gasteiger partial charge in [0.2, 0.25) is 0 Å². The van der Waals surface area contributed by atoms with Gasteiger partial charge in [-0.25, -0.2) is 14.8 Å². The molecule has 11 nitrogen and oxygen atoms in total. The van der Waals surface area contributed by atoms with E-state index >= 15 is 4.79 Å². The minimum absolute atomic E-state index is 0.0477. The van der Waals surface area contributed by atoms with Gasteiger partial charge in [0.15, 0.2) is 11.5 Å². The number of nitrogens with zero attached hydrogens (tertiary/aromatic N) is 5. The average molecular weight is 785 g/mol. The highest BCUT2D eigenvalue weighted by atomic mass is 35.5. The van der Waals surface area contributed by atoms with E-state index in [1.54, 1.807) is 28.6 Å². The van der Waals surface area contributed by atoms with Crippen molar-refractivity contribution in [1.29, 1.82) is 0 Å². The van der Waals surface area contributed by atoms with Crippen LogP contribution in [0.2, 0.25) is 10.0 Å². The Morgan fingerprint density at radius 3 is 2.22 bits per heavy atom. The van der Waals surface area contributed by atoms with Crippen molar-refractivity contribution in [3.05, 3.63) is 91.7 Å². The van der Waals surface area contributed by atoms with Crippen LogP contribution in [0.15, 0.2) is 36.4 Å². The minimum Gasteiger partial charge on any atom is -0.494 e. The molecule has 0 bridgehead atoms. The van der Waals surface area contributed by atoms with E-state index < -0.39 is 5.97 Å². The Kier molecular flexibility index (Phi) is 9.98. The molecule has 0 aliphatic carbocycles. The van der Waals surface area contributed by atoms with E-state index in [1.165, 1.54) is 14.2 Å². The molecule has 13 heteroatoms. The molecular formula is C42H43Cl2N5O6. The van der Waals surface area contributed by atoms with Crippen LogP contribution in [0, 0.1) is 34.6 Å². The van der Waals surface area contributed by atoms with Crippen molar-refractivity contribution in [2.45, 2.75) is 60.4 Å². The fourth-order valence-corrected chi connectivity index (χ4v) is 8.65. The summed E-state index contributed by atoms with van der Waals surface area (Å²) in [6.45, 7) is 12.4. The molecule has 1 atom stereocenters. The summed E-state index contributed by atoms with van der Waals surface area (Å²) in [7, 11) is 4.70. The first-order chi connectivity index (χ1) is 26.2. The smallest absolute Gasteiger partial charge is 0.352 e. The minimum atomic E-state index is -1.10. The number of carboxylic acid groups (broad SMARTS) is 1. The number of hydrogen-bond acceptors (Lipinski definition) is 7. The van der Waals surface area contributed by atoms with Crippen molar-refractivity contribution in [3.8, 4) is 28.4 Å². The predicted molar refractivity (Wildman–Crippen MR) is 216 cm³/mol. The molecule has 0 saturated heterocycles. The Balaban J connectivity index is 1.43. The van der Waals surface area contributed by atoms with Crippen molar-refractivity contribution in [3.63, 3.8) is 0 Å². The highest BCUT2D eigenvalue weighted by Gasteiger charge is 2.38. The van der Waals surface area contributed by atoms with Crippen LogP contribution in [0.3, 0.4) is 0 Å². The topological polar surface area (TPSA) is 121 Å². The monoisotopic (exact) mass is 783 g/mol. The summed E-state index contributed by atoms with van der Waals surface area (Å²) in [6, 6.07) is 10.8. The van der Waals surface area contributed by atoms with Gasteiger partial charge in [-0.05, 0) is 95.3 Å². The molecule has 1 N–H and O–H groups in total. The fraction of sp³-hybridized carbons (Fsp3) is 0.333. The fourth-order valence-electron chi connectivity index (χ4n) is 8.30. The average Bonchev–Trinajstić information content (AvgIpc) is 3.66. The second-order valence-corrected chi connectivity index (χ2v) is 15.0. The number of carbonyl (C=O) groups is 2.